The fourth-order valence-electron chi connectivity index (χ4n) is 2.69. The average molecular weight is 415 g/mol. The summed E-state index contributed by atoms with van der Waals surface area (Å²) in [6.45, 7) is 5.56. The number of carbonyl (C=O) groups is 1. The zero-order valence-corrected chi connectivity index (χ0v) is 17.1. The second-order valence-corrected chi connectivity index (χ2v) is 8.42. The minimum atomic E-state index is -3.94. The van der Waals surface area contributed by atoms with E-state index in [2.05, 4.69) is 24.0 Å². The van der Waals surface area contributed by atoms with Gasteiger partial charge in [0.05, 0.1) is 10.5 Å². The highest BCUT2D eigenvalue weighted by molar-refractivity contribution is 7.89. The Hall–Kier alpha value is -3.04. The molecule has 0 amide bonds. The van der Waals surface area contributed by atoms with Gasteiger partial charge in [0.2, 0.25) is 15.8 Å². The Kier molecular flexibility index (Phi) is 5.81. The van der Waals surface area contributed by atoms with Crippen molar-refractivity contribution in [3.63, 3.8) is 0 Å². The van der Waals surface area contributed by atoms with Gasteiger partial charge in [-0.2, -0.15) is 4.98 Å². The van der Waals surface area contributed by atoms with Gasteiger partial charge in [-0.1, -0.05) is 49.3 Å². The maximum absolute atomic E-state index is 12.2. The molecular weight excluding hydrogens is 394 g/mol. The Morgan fingerprint density at radius 1 is 1.17 bits per heavy atom. The summed E-state index contributed by atoms with van der Waals surface area (Å²) in [6.07, 6.45) is 0. The fourth-order valence-corrected chi connectivity index (χ4v) is 3.50. The molecule has 0 bridgehead atoms. The van der Waals surface area contributed by atoms with Crippen molar-refractivity contribution in [3.8, 4) is 11.4 Å². The minimum Gasteiger partial charge on any atom is -0.452 e. The lowest BCUT2D eigenvalue weighted by Gasteiger charge is -2.06. The van der Waals surface area contributed by atoms with Gasteiger partial charge in [0.15, 0.2) is 6.61 Å². The SMILES string of the molecule is Cc1ccc(C(=O)OCc2nc(-c3ccc(C(C)C)cc3)no2)cc1S(N)(=O)=O. The minimum absolute atomic E-state index is 0.0589. The lowest BCUT2D eigenvalue weighted by Crippen LogP contribution is -2.15. The molecule has 0 spiro atoms. The number of benzene rings is 2. The summed E-state index contributed by atoms with van der Waals surface area (Å²) in [5.41, 5.74) is 2.48. The molecule has 0 aliphatic heterocycles. The number of ether oxygens (including phenoxy) is 1. The molecule has 0 radical (unpaired) electrons. The maximum Gasteiger partial charge on any atom is 0.338 e. The largest absolute Gasteiger partial charge is 0.452 e. The lowest BCUT2D eigenvalue weighted by molar-refractivity contribution is 0.0429. The van der Waals surface area contributed by atoms with Gasteiger partial charge < -0.3 is 9.26 Å². The summed E-state index contributed by atoms with van der Waals surface area (Å²) >= 11 is 0. The molecule has 0 saturated carbocycles. The average Bonchev–Trinajstić information content (AvgIpc) is 3.14. The van der Waals surface area contributed by atoms with Crippen molar-refractivity contribution in [2.75, 3.05) is 0 Å². The number of nitrogens with two attached hydrogens (primary N) is 1. The van der Waals surface area contributed by atoms with Crippen molar-refractivity contribution >= 4 is 16.0 Å². The molecule has 8 nitrogen and oxygen atoms in total. The predicted molar refractivity (Wildman–Crippen MR) is 105 cm³/mol. The molecule has 2 aromatic carbocycles. The van der Waals surface area contributed by atoms with E-state index in [4.69, 9.17) is 14.4 Å². The summed E-state index contributed by atoms with van der Waals surface area (Å²) in [5, 5.41) is 9.06. The highest BCUT2D eigenvalue weighted by Gasteiger charge is 2.17. The summed E-state index contributed by atoms with van der Waals surface area (Å²) in [4.78, 5) is 16.3. The Labute approximate surface area is 168 Å². The Morgan fingerprint density at radius 3 is 2.48 bits per heavy atom. The number of carbonyl (C=O) groups excluding carboxylic acids is 1. The number of esters is 1. The van der Waals surface area contributed by atoms with Crippen molar-refractivity contribution in [1.29, 1.82) is 0 Å². The fraction of sp³-hybridized carbons (Fsp3) is 0.250. The van der Waals surface area contributed by atoms with E-state index in [1.54, 1.807) is 6.92 Å². The highest BCUT2D eigenvalue weighted by atomic mass is 32.2. The van der Waals surface area contributed by atoms with E-state index in [-0.39, 0.29) is 23.0 Å². The second kappa shape index (κ2) is 8.14. The van der Waals surface area contributed by atoms with Gasteiger partial charge in [-0.15, -0.1) is 0 Å². The van der Waals surface area contributed by atoms with Gasteiger partial charge in [0, 0.05) is 5.56 Å². The third-order valence-electron chi connectivity index (χ3n) is 4.36. The molecule has 29 heavy (non-hydrogen) atoms. The molecule has 0 unspecified atom stereocenters. The van der Waals surface area contributed by atoms with Crippen LogP contribution in [0.1, 0.15) is 47.1 Å². The lowest BCUT2D eigenvalue weighted by atomic mass is 10.0. The molecule has 9 heteroatoms. The molecule has 2 N–H and O–H groups in total. The molecule has 0 atom stereocenters. The van der Waals surface area contributed by atoms with Gasteiger partial charge in [-0.05, 0) is 36.1 Å². The first-order chi connectivity index (χ1) is 13.6. The molecule has 152 valence electrons. The van der Waals surface area contributed by atoms with Gasteiger partial charge >= 0.3 is 5.97 Å². The van der Waals surface area contributed by atoms with Crippen molar-refractivity contribution in [2.24, 2.45) is 5.14 Å². The number of primary sulfonamides is 1. The number of hydrogen-bond donors (Lipinski definition) is 1. The number of nitrogens with zero attached hydrogens (tertiary/aromatic N) is 2. The number of aromatic nitrogens is 2. The van der Waals surface area contributed by atoms with Crippen molar-refractivity contribution in [2.45, 2.75) is 38.2 Å². The monoisotopic (exact) mass is 415 g/mol. The van der Waals surface area contributed by atoms with Gasteiger partial charge in [0.25, 0.3) is 5.89 Å². The number of sulfonamides is 1. The molecule has 0 saturated heterocycles. The van der Waals surface area contributed by atoms with Crippen LogP contribution in [0.3, 0.4) is 0 Å². The van der Waals surface area contributed by atoms with E-state index >= 15 is 0 Å². The smallest absolute Gasteiger partial charge is 0.338 e. The van der Waals surface area contributed by atoms with E-state index in [9.17, 15) is 13.2 Å². The topological polar surface area (TPSA) is 125 Å². The van der Waals surface area contributed by atoms with Crippen LogP contribution in [0.2, 0.25) is 0 Å². The van der Waals surface area contributed by atoms with Crippen molar-refractivity contribution in [3.05, 3.63) is 65.0 Å². The molecule has 3 rings (SSSR count). The van der Waals surface area contributed by atoms with E-state index in [0.29, 0.717) is 17.3 Å². The van der Waals surface area contributed by atoms with Gasteiger partial charge in [-0.3, -0.25) is 0 Å². The molecule has 3 aromatic rings. The number of aryl methyl sites for hydroxylation is 1. The van der Waals surface area contributed by atoms with E-state index in [1.165, 1.54) is 23.8 Å². The first kappa shape index (κ1) is 20.7. The third-order valence-corrected chi connectivity index (χ3v) is 5.41. The van der Waals surface area contributed by atoms with Crippen molar-refractivity contribution < 1.29 is 22.5 Å². The third kappa shape index (κ3) is 4.87. The van der Waals surface area contributed by atoms with Gasteiger partial charge in [-0.25, -0.2) is 18.4 Å². The predicted octanol–water partition coefficient (Wildman–Crippen LogP) is 3.17. The van der Waals surface area contributed by atoms with E-state index in [1.807, 2.05) is 24.3 Å². The summed E-state index contributed by atoms with van der Waals surface area (Å²) in [5.74, 6) is 0.204. The van der Waals surface area contributed by atoms with Crippen LogP contribution in [0, 0.1) is 6.92 Å². The second-order valence-electron chi connectivity index (χ2n) is 6.89. The molecule has 1 aromatic heterocycles. The Morgan fingerprint density at radius 2 is 1.86 bits per heavy atom. The van der Waals surface area contributed by atoms with E-state index < -0.39 is 16.0 Å². The van der Waals surface area contributed by atoms with Crippen LogP contribution >= 0.6 is 0 Å². The Balaban J connectivity index is 1.69. The summed E-state index contributed by atoms with van der Waals surface area (Å²) < 4.78 is 33.5. The molecule has 0 aliphatic carbocycles. The quantitative estimate of drug-likeness (QED) is 0.613. The normalized spacial score (nSPS) is 11.6. The van der Waals surface area contributed by atoms with Crippen LogP contribution in [0.15, 0.2) is 51.9 Å². The van der Waals surface area contributed by atoms with Crippen LogP contribution < -0.4 is 5.14 Å². The standard InChI is InChI=1S/C20H21N3O5S/c1-12(2)14-6-8-15(9-7-14)19-22-18(28-23-19)11-27-20(24)16-5-4-13(3)17(10-16)29(21,25)26/h4-10,12H,11H2,1-3H3,(H2,21,25,26). The highest BCUT2D eigenvalue weighted by Crippen LogP contribution is 2.21. The van der Waals surface area contributed by atoms with Crippen LogP contribution in [-0.4, -0.2) is 24.5 Å². The Bertz CT molecular complexity index is 1140. The summed E-state index contributed by atoms with van der Waals surface area (Å²) in [6, 6.07) is 11.9. The number of hydrogen-bond acceptors (Lipinski definition) is 7. The molecule has 0 aliphatic rings. The first-order valence-corrected chi connectivity index (χ1v) is 10.4. The van der Waals surface area contributed by atoms with Crippen LogP contribution in [0.4, 0.5) is 0 Å². The van der Waals surface area contributed by atoms with Crippen LogP contribution in [0.5, 0.6) is 0 Å². The zero-order valence-electron chi connectivity index (χ0n) is 16.2. The zero-order chi connectivity index (χ0) is 21.2. The van der Waals surface area contributed by atoms with Crippen LogP contribution in [-0.2, 0) is 21.4 Å². The maximum atomic E-state index is 12.2. The molecular formula is C20H21N3O5S. The number of rotatable bonds is 6. The molecule has 0 fully saturated rings. The van der Waals surface area contributed by atoms with E-state index in [0.717, 1.165) is 5.56 Å². The summed E-state index contributed by atoms with van der Waals surface area (Å²) in [7, 11) is -3.94. The van der Waals surface area contributed by atoms with Crippen LogP contribution in [0.25, 0.3) is 11.4 Å². The molecule has 1 heterocycles. The first-order valence-electron chi connectivity index (χ1n) is 8.88. The van der Waals surface area contributed by atoms with Gasteiger partial charge in [0.1, 0.15) is 0 Å². The van der Waals surface area contributed by atoms with Crippen molar-refractivity contribution in [1.82, 2.24) is 10.1 Å².